The van der Waals surface area contributed by atoms with Gasteiger partial charge in [0.1, 0.15) is 0 Å². The van der Waals surface area contributed by atoms with Crippen molar-refractivity contribution >= 4 is 23.4 Å². The molecule has 0 radical (unpaired) electrons. The van der Waals surface area contributed by atoms with Crippen molar-refractivity contribution in [2.45, 2.75) is 56.1 Å². The Morgan fingerprint density at radius 1 is 1.19 bits per heavy atom. The van der Waals surface area contributed by atoms with Gasteiger partial charge in [0.15, 0.2) is 0 Å². The highest BCUT2D eigenvalue weighted by atomic mass is 35.5. The SMILES string of the molecule is NC(=O)[C@H]1CC[C@H]2OCCN(C(=O)C3(c4ccc(Cl)cc4)CCC3)[C@@H]2C1. The summed E-state index contributed by atoms with van der Waals surface area (Å²) in [7, 11) is 0. The molecule has 1 aromatic rings. The molecule has 140 valence electrons. The Bertz CT molecular complexity index is 702. The third-order valence-electron chi connectivity index (χ3n) is 6.50. The Labute approximate surface area is 158 Å². The summed E-state index contributed by atoms with van der Waals surface area (Å²) in [4.78, 5) is 27.3. The predicted molar refractivity (Wildman–Crippen MR) is 98.8 cm³/mol. The minimum atomic E-state index is -0.452. The lowest BCUT2D eigenvalue weighted by Gasteiger charge is -2.51. The zero-order chi connectivity index (χ0) is 18.3. The molecule has 3 fully saturated rings. The van der Waals surface area contributed by atoms with Gasteiger partial charge in [-0.25, -0.2) is 0 Å². The van der Waals surface area contributed by atoms with E-state index in [2.05, 4.69) is 0 Å². The second-order valence-electron chi connectivity index (χ2n) is 7.83. The summed E-state index contributed by atoms with van der Waals surface area (Å²) in [6, 6.07) is 7.62. The van der Waals surface area contributed by atoms with Gasteiger partial charge in [-0.05, 0) is 49.8 Å². The van der Waals surface area contributed by atoms with E-state index in [9.17, 15) is 9.59 Å². The number of fused-ring (bicyclic) bond motifs is 1. The third kappa shape index (κ3) is 2.91. The first-order valence-electron chi connectivity index (χ1n) is 9.49. The van der Waals surface area contributed by atoms with Crippen molar-refractivity contribution in [3.8, 4) is 0 Å². The molecule has 0 spiro atoms. The van der Waals surface area contributed by atoms with Crippen LogP contribution in [-0.4, -0.2) is 42.0 Å². The zero-order valence-corrected chi connectivity index (χ0v) is 15.6. The standard InChI is InChI=1S/C20H25ClN2O3/c21-15-5-3-14(4-6-15)20(8-1-9-20)19(25)23-10-11-26-17-7-2-13(18(22)24)12-16(17)23/h3-6,13,16-17H,1-2,7-12H2,(H2,22,24)/t13-,16+,17+/m0/s1. The molecular weight excluding hydrogens is 352 g/mol. The van der Waals surface area contributed by atoms with Crippen LogP contribution in [0.4, 0.5) is 0 Å². The maximum atomic E-state index is 13.6. The van der Waals surface area contributed by atoms with Crippen molar-refractivity contribution in [2.24, 2.45) is 11.7 Å². The molecule has 6 heteroatoms. The molecule has 3 atom stereocenters. The lowest BCUT2D eigenvalue weighted by molar-refractivity contribution is -0.162. The highest BCUT2D eigenvalue weighted by Crippen LogP contribution is 2.47. The van der Waals surface area contributed by atoms with E-state index in [1.807, 2.05) is 29.2 Å². The fraction of sp³-hybridized carbons (Fsp3) is 0.600. The van der Waals surface area contributed by atoms with Gasteiger partial charge in [-0.1, -0.05) is 30.2 Å². The molecule has 1 aliphatic heterocycles. The average molecular weight is 377 g/mol. The van der Waals surface area contributed by atoms with Crippen molar-refractivity contribution in [3.63, 3.8) is 0 Å². The van der Waals surface area contributed by atoms with Crippen LogP contribution in [0.25, 0.3) is 0 Å². The Balaban J connectivity index is 1.61. The van der Waals surface area contributed by atoms with Gasteiger partial charge in [0.2, 0.25) is 11.8 Å². The van der Waals surface area contributed by atoms with Gasteiger partial charge in [-0.15, -0.1) is 0 Å². The Morgan fingerprint density at radius 3 is 2.54 bits per heavy atom. The fourth-order valence-corrected chi connectivity index (χ4v) is 4.95. The number of rotatable bonds is 3. The molecule has 2 saturated carbocycles. The van der Waals surface area contributed by atoms with Crippen LogP contribution in [0.15, 0.2) is 24.3 Å². The van der Waals surface area contributed by atoms with E-state index in [0.29, 0.717) is 24.6 Å². The third-order valence-corrected chi connectivity index (χ3v) is 6.75. The van der Waals surface area contributed by atoms with Gasteiger partial charge in [0.25, 0.3) is 0 Å². The van der Waals surface area contributed by atoms with Crippen LogP contribution in [-0.2, 0) is 19.7 Å². The number of nitrogens with two attached hydrogens (primary N) is 1. The molecule has 0 unspecified atom stereocenters. The molecule has 26 heavy (non-hydrogen) atoms. The van der Waals surface area contributed by atoms with Crippen LogP contribution in [0.3, 0.4) is 0 Å². The molecule has 4 rings (SSSR count). The second kappa shape index (κ2) is 6.86. The second-order valence-corrected chi connectivity index (χ2v) is 8.27. The molecule has 0 aromatic heterocycles. The number of hydrogen-bond acceptors (Lipinski definition) is 3. The number of carbonyl (C=O) groups excluding carboxylic acids is 2. The number of carbonyl (C=O) groups is 2. The van der Waals surface area contributed by atoms with Crippen molar-refractivity contribution in [1.29, 1.82) is 0 Å². The number of primary amides is 1. The van der Waals surface area contributed by atoms with E-state index < -0.39 is 5.41 Å². The van der Waals surface area contributed by atoms with Crippen LogP contribution >= 0.6 is 11.6 Å². The summed E-state index contributed by atoms with van der Waals surface area (Å²) in [6.45, 7) is 1.14. The maximum absolute atomic E-state index is 13.6. The molecule has 3 aliphatic rings. The first kappa shape index (κ1) is 17.8. The van der Waals surface area contributed by atoms with Crippen LogP contribution in [0.2, 0.25) is 5.02 Å². The molecule has 5 nitrogen and oxygen atoms in total. The molecule has 0 bridgehead atoms. The Kier molecular flexibility index (Phi) is 4.70. The highest BCUT2D eigenvalue weighted by Gasteiger charge is 2.51. The number of amides is 2. The number of benzene rings is 1. The van der Waals surface area contributed by atoms with E-state index in [-0.39, 0.29) is 29.9 Å². The van der Waals surface area contributed by atoms with Gasteiger partial charge in [0, 0.05) is 17.5 Å². The van der Waals surface area contributed by atoms with E-state index in [4.69, 9.17) is 22.1 Å². The summed E-state index contributed by atoms with van der Waals surface area (Å²) >= 11 is 6.03. The van der Waals surface area contributed by atoms with Crippen LogP contribution < -0.4 is 5.73 Å². The smallest absolute Gasteiger partial charge is 0.233 e. The molecule has 2 N–H and O–H groups in total. The summed E-state index contributed by atoms with van der Waals surface area (Å²) in [5, 5.41) is 0.679. The van der Waals surface area contributed by atoms with Crippen molar-refractivity contribution in [2.75, 3.05) is 13.2 Å². The van der Waals surface area contributed by atoms with Crippen molar-refractivity contribution in [3.05, 3.63) is 34.9 Å². The number of morpholine rings is 1. The minimum absolute atomic E-state index is 0.0191. The maximum Gasteiger partial charge on any atom is 0.233 e. The quantitative estimate of drug-likeness (QED) is 0.881. The molecule has 2 amide bonds. The number of hydrogen-bond donors (Lipinski definition) is 1. The van der Waals surface area contributed by atoms with Crippen LogP contribution in [0.5, 0.6) is 0 Å². The summed E-state index contributed by atoms with van der Waals surface area (Å²) < 4.78 is 5.91. The molecule has 2 aliphatic carbocycles. The molecule has 1 heterocycles. The van der Waals surface area contributed by atoms with E-state index in [1.165, 1.54) is 0 Å². The summed E-state index contributed by atoms with van der Waals surface area (Å²) in [5.41, 5.74) is 6.14. The number of ether oxygens (including phenoxy) is 1. The summed E-state index contributed by atoms with van der Waals surface area (Å²) in [6.07, 6.45) is 4.95. The van der Waals surface area contributed by atoms with Crippen molar-refractivity contribution < 1.29 is 14.3 Å². The van der Waals surface area contributed by atoms with Gasteiger partial charge >= 0.3 is 0 Å². The number of halogens is 1. The normalized spacial score (nSPS) is 30.2. The topological polar surface area (TPSA) is 72.6 Å². The first-order valence-corrected chi connectivity index (χ1v) is 9.87. The lowest BCUT2D eigenvalue weighted by Crippen LogP contribution is -2.62. The van der Waals surface area contributed by atoms with E-state index >= 15 is 0 Å². The van der Waals surface area contributed by atoms with E-state index in [0.717, 1.165) is 37.7 Å². The first-order chi connectivity index (χ1) is 12.5. The van der Waals surface area contributed by atoms with Gasteiger partial charge in [0.05, 0.1) is 24.2 Å². The predicted octanol–water partition coefficient (Wildman–Crippen LogP) is 2.64. The zero-order valence-electron chi connectivity index (χ0n) is 14.8. The lowest BCUT2D eigenvalue weighted by atomic mass is 9.63. The van der Waals surface area contributed by atoms with Gasteiger partial charge < -0.3 is 15.4 Å². The van der Waals surface area contributed by atoms with Crippen LogP contribution in [0, 0.1) is 5.92 Å². The van der Waals surface area contributed by atoms with Gasteiger partial charge in [-0.3, -0.25) is 9.59 Å². The van der Waals surface area contributed by atoms with Gasteiger partial charge in [-0.2, -0.15) is 0 Å². The minimum Gasteiger partial charge on any atom is -0.374 e. The molecule has 1 saturated heterocycles. The fourth-order valence-electron chi connectivity index (χ4n) is 4.82. The highest BCUT2D eigenvalue weighted by molar-refractivity contribution is 6.30. The monoisotopic (exact) mass is 376 g/mol. The number of nitrogens with zero attached hydrogens (tertiary/aromatic N) is 1. The average Bonchev–Trinajstić information content (AvgIpc) is 2.61. The molecular formula is C20H25ClN2O3. The van der Waals surface area contributed by atoms with E-state index in [1.54, 1.807) is 0 Å². The van der Waals surface area contributed by atoms with Crippen LogP contribution in [0.1, 0.15) is 44.1 Å². The Hall–Kier alpha value is -1.59. The largest absolute Gasteiger partial charge is 0.374 e. The molecule has 1 aromatic carbocycles. The Morgan fingerprint density at radius 2 is 1.92 bits per heavy atom. The van der Waals surface area contributed by atoms with Crippen molar-refractivity contribution in [1.82, 2.24) is 4.90 Å². The summed E-state index contributed by atoms with van der Waals surface area (Å²) in [5.74, 6) is -0.256.